The van der Waals surface area contributed by atoms with Gasteiger partial charge in [-0.15, -0.1) is 0 Å². The predicted octanol–water partition coefficient (Wildman–Crippen LogP) is 4.91. The minimum atomic E-state index is -1.15. The van der Waals surface area contributed by atoms with Crippen molar-refractivity contribution >= 4 is 17.5 Å². The highest BCUT2D eigenvalue weighted by atomic mass is 19.1. The summed E-state index contributed by atoms with van der Waals surface area (Å²) in [6.07, 6.45) is 5.04. The first-order valence-electron chi connectivity index (χ1n) is 13.0. The van der Waals surface area contributed by atoms with Crippen LogP contribution in [-0.2, 0) is 13.0 Å². The van der Waals surface area contributed by atoms with Crippen molar-refractivity contribution in [2.45, 2.75) is 51.6 Å². The molecule has 39 heavy (non-hydrogen) atoms. The number of pyridine rings is 1. The third-order valence-corrected chi connectivity index (χ3v) is 7.21. The second-order valence-corrected chi connectivity index (χ2v) is 9.78. The van der Waals surface area contributed by atoms with Crippen molar-refractivity contribution in [3.8, 4) is 5.75 Å². The van der Waals surface area contributed by atoms with E-state index < -0.39 is 46.8 Å². The van der Waals surface area contributed by atoms with Crippen LogP contribution in [0.3, 0.4) is 0 Å². The molecule has 0 spiro atoms. The Morgan fingerprint density at radius 1 is 1.13 bits per heavy atom. The van der Waals surface area contributed by atoms with E-state index in [1.165, 1.54) is 6.20 Å². The van der Waals surface area contributed by atoms with Gasteiger partial charge in [-0.25, -0.2) is 13.2 Å². The predicted molar refractivity (Wildman–Crippen MR) is 139 cm³/mol. The molecule has 10 heteroatoms. The number of carbonyl (C=O) groups excluding carboxylic acids is 2. The van der Waals surface area contributed by atoms with Crippen LogP contribution in [0.15, 0.2) is 47.4 Å². The van der Waals surface area contributed by atoms with Crippen LogP contribution < -0.4 is 20.4 Å². The second kappa shape index (κ2) is 11.0. The molecule has 7 nitrogen and oxygen atoms in total. The Morgan fingerprint density at radius 3 is 2.62 bits per heavy atom. The van der Waals surface area contributed by atoms with Crippen molar-refractivity contribution in [2.75, 3.05) is 18.1 Å². The van der Waals surface area contributed by atoms with Crippen LogP contribution in [0, 0.1) is 17.5 Å². The SMILES string of the molecule is CCCCOc1c2n(cc(C(=O)NCc3c(F)cc(F)cc3F)c1=O)[C@H]1CCCc3ccccc3N(C1)C2=O. The minimum Gasteiger partial charge on any atom is -0.487 e. The fourth-order valence-electron chi connectivity index (χ4n) is 5.19. The van der Waals surface area contributed by atoms with Crippen molar-refractivity contribution in [1.82, 2.24) is 9.88 Å². The largest absolute Gasteiger partial charge is 0.487 e. The van der Waals surface area contributed by atoms with Crippen LogP contribution >= 0.6 is 0 Å². The van der Waals surface area contributed by atoms with E-state index >= 15 is 0 Å². The lowest BCUT2D eigenvalue weighted by molar-refractivity contribution is 0.0925. The van der Waals surface area contributed by atoms with Crippen LogP contribution in [-0.4, -0.2) is 29.5 Å². The monoisotopic (exact) mass is 539 g/mol. The first-order chi connectivity index (χ1) is 18.8. The molecule has 3 heterocycles. The highest BCUT2D eigenvalue weighted by Crippen LogP contribution is 2.36. The molecule has 2 bridgehead atoms. The van der Waals surface area contributed by atoms with Gasteiger partial charge in [-0.2, -0.15) is 0 Å². The molecule has 2 aromatic carbocycles. The van der Waals surface area contributed by atoms with E-state index in [2.05, 4.69) is 5.32 Å². The maximum atomic E-state index is 14.1. The summed E-state index contributed by atoms with van der Waals surface area (Å²) in [7, 11) is 0. The van der Waals surface area contributed by atoms with Crippen molar-refractivity contribution in [3.05, 3.63) is 92.7 Å². The number of ether oxygens (including phenoxy) is 1. The summed E-state index contributed by atoms with van der Waals surface area (Å²) in [6.45, 7) is 1.88. The number of benzene rings is 2. The van der Waals surface area contributed by atoms with E-state index in [1.807, 2.05) is 31.2 Å². The molecular weight excluding hydrogens is 511 g/mol. The van der Waals surface area contributed by atoms with E-state index in [9.17, 15) is 27.6 Å². The molecule has 0 unspecified atom stereocenters. The summed E-state index contributed by atoms with van der Waals surface area (Å²) in [5, 5.41) is 2.36. The van der Waals surface area contributed by atoms with E-state index in [1.54, 1.807) is 9.47 Å². The molecule has 0 radical (unpaired) electrons. The number of unbranched alkanes of at least 4 members (excludes halogenated alkanes) is 1. The summed E-state index contributed by atoms with van der Waals surface area (Å²) >= 11 is 0. The number of carbonyl (C=O) groups is 2. The minimum absolute atomic E-state index is 0.0798. The quantitative estimate of drug-likeness (QED) is 0.433. The number of aromatic nitrogens is 1. The van der Waals surface area contributed by atoms with Crippen LogP contribution in [0.4, 0.5) is 18.9 Å². The third-order valence-electron chi connectivity index (χ3n) is 7.21. The fourth-order valence-corrected chi connectivity index (χ4v) is 5.19. The van der Waals surface area contributed by atoms with Gasteiger partial charge in [0.05, 0.1) is 12.6 Å². The molecule has 204 valence electrons. The second-order valence-electron chi connectivity index (χ2n) is 9.78. The van der Waals surface area contributed by atoms with Crippen LogP contribution in [0.5, 0.6) is 5.75 Å². The number of nitrogens with zero attached hydrogens (tertiary/aromatic N) is 2. The third kappa shape index (κ3) is 5.03. The zero-order valence-corrected chi connectivity index (χ0v) is 21.4. The number of aryl methyl sites for hydroxylation is 1. The number of halogens is 3. The van der Waals surface area contributed by atoms with Crippen LogP contribution in [0.2, 0.25) is 0 Å². The average molecular weight is 540 g/mol. The van der Waals surface area contributed by atoms with E-state index in [0.717, 1.165) is 30.5 Å². The number of fused-ring (bicyclic) bond motifs is 6. The van der Waals surface area contributed by atoms with E-state index in [4.69, 9.17) is 4.74 Å². The lowest BCUT2D eigenvalue weighted by Gasteiger charge is -2.39. The van der Waals surface area contributed by atoms with Gasteiger partial charge in [0.2, 0.25) is 5.43 Å². The lowest BCUT2D eigenvalue weighted by atomic mass is 9.95. The number of hydrogen-bond acceptors (Lipinski definition) is 4. The normalized spacial score (nSPS) is 16.2. The van der Waals surface area contributed by atoms with Gasteiger partial charge < -0.3 is 19.5 Å². The Hall–Kier alpha value is -4.08. The van der Waals surface area contributed by atoms with Gasteiger partial charge in [0.1, 0.15) is 23.0 Å². The molecule has 2 amide bonds. The molecule has 0 aliphatic carbocycles. The number of para-hydroxylation sites is 1. The van der Waals surface area contributed by atoms with Gasteiger partial charge in [-0.1, -0.05) is 31.5 Å². The first kappa shape index (κ1) is 26.5. The molecule has 0 saturated heterocycles. The van der Waals surface area contributed by atoms with Gasteiger partial charge in [-0.3, -0.25) is 14.4 Å². The topological polar surface area (TPSA) is 80.6 Å². The Labute approximate surface area is 223 Å². The summed E-state index contributed by atoms with van der Waals surface area (Å²) < 4.78 is 49.0. The van der Waals surface area contributed by atoms with E-state index in [0.29, 0.717) is 31.5 Å². The summed E-state index contributed by atoms with van der Waals surface area (Å²) in [4.78, 5) is 42.2. The summed E-state index contributed by atoms with van der Waals surface area (Å²) in [5.74, 6) is -4.88. The number of amides is 2. The van der Waals surface area contributed by atoms with Crippen molar-refractivity contribution in [1.29, 1.82) is 0 Å². The summed E-state index contributed by atoms with van der Waals surface area (Å²) in [6, 6.07) is 8.48. The number of rotatable bonds is 7. The van der Waals surface area contributed by atoms with Crippen molar-refractivity contribution in [2.24, 2.45) is 0 Å². The first-order valence-corrected chi connectivity index (χ1v) is 13.0. The maximum Gasteiger partial charge on any atom is 0.279 e. The van der Waals surface area contributed by atoms with Gasteiger partial charge in [0.25, 0.3) is 11.8 Å². The molecule has 2 aliphatic rings. The Bertz CT molecular complexity index is 1480. The standard InChI is InChI=1S/C29H28F3N3O4/c1-2-3-11-39-27-25-29(38)35-15-19(9-6-8-17-7-4-5-10-24(17)35)34(25)16-21(26(27)36)28(37)33-14-20-22(31)12-18(30)13-23(20)32/h4-5,7,10,12-13,16,19H,2-3,6,8-9,11,14-15H2,1H3,(H,33,37)/t19-/m0/s1. The maximum absolute atomic E-state index is 14.1. The zero-order chi connectivity index (χ0) is 27.7. The van der Waals surface area contributed by atoms with E-state index in [-0.39, 0.29) is 29.7 Å². The highest BCUT2D eigenvalue weighted by Gasteiger charge is 2.38. The Morgan fingerprint density at radius 2 is 1.87 bits per heavy atom. The molecule has 3 aromatic rings. The molecule has 0 saturated carbocycles. The van der Waals surface area contributed by atoms with Crippen molar-refractivity contribution < 1.29 is 27.5 Å². The molecule has 5 rings (SSSR count). The van der Waals surface area contributed by atoms with Crippen LogP contribution in [0.1, 0.15) is 70.6 Å². The molecular formula is C29H28F3N3O4. The number of anilines is 1. The van der Waals surface area contributed by atoms with Crippen LogP contribution in [0.25, 0.3) is 0 Å². The number of nitrogens with one attached hydrogen (secondary N) is 1. The van der Waals surface area contributed by atoms with Crippen molar-refractivity contribution in [3.63, 3.8) is 0 Å². The average Bonchev–Trinajstić information content (AvgIpc) is 2.89. The molecule has 2 aliphatic heterocycles. The zero-order valence-electron chi connectivity index (χ0n) is 21.4. The molecule has 1 N–H and O–H groups in total. The van der Waals surface area contributed by atoms with Gasteiger partial charge >= 0.3 is 0 Å². The lowest BCUT2D eigenvalue weighted by Crippen LogP contribution is -2.46. The molecule has 1 atom stereocenters. The molecule has 0 fully saturated rings. The summed E-state index contributed by atoms with van der Waals surface area (Å²) in [5.41, 5.74) is 0.287. The highest BCUT2D eigenvalue weighted by molar-refractivity contribution is 6.08. The van der Waals surface area contributed by atoms with Gasteiger partial charge in [-0.05, 0) is 37.3 Å². The smallest absolute Gasteiger partial charge is 0.279 e. The number of hydrogen-bond donors (Lipinski definition) is 1. The van der Waals surface area contributed by atoms with Gasteiger partial charge in [0, 0.05) is 42.7 Å². The Balaban J connectivity index is 1.56. The van der Waals surface area contributed by atoms with Gasteiger partial charge in [0.15, 0.2) is 11.4 Å². The fraction of sp³-hybridized carbons (Fsp3) is 0.345. The Kier molecular flexibility index (Phi) is 7.45. The molecule has 1 aromatic heterocycles.